The van der Waals surface area contributed by atoms with Crippen molar-refractivity contribution in [3.05, 3.63) is 58.3 Å². The number of hydrogen-bond acceptors (Lipinski definition) is 3. The van der Waals surface area contributed by atoms with Gasteiger partial charge in [-0.2, -0.15) is 0 Å². The van der Waals surface area contributed by atoms with Crippen LogP contribution in [0.3, 0.4) is 0 Å². The summed E-state index contributed by atoms with van der Waals surface area (Å²) < 4.78 is 12.9. The van der Waals surface area contributed by atoms with Crippen LogP contribution in [0.5, 0.6) is 5.75 Å². The number of nitrogens with zero attached hydrogens (tertiary/aromatic N) is 1. The molecule has 2 aromatic carbocycles. The molecule has 0 atom stereocenters. The van der Waals surface area contributed by atoms with Crippen molar-refractivity contribution in [2.75, 3.05) is 20.7 Å². The van der Waals surface area contributed by atoms with Crippen molar-refractivity contribution in [1.82, 2.24) is 4.90 Å². The minimum Gasteiger partial charge on any atom is -0.493 e. The van der Waals surface area contributed by atoms with E-state index in [9.17, 15) is 4.79 Å². The molecule has 0 fully saturated rings. The molecule has 1 aromatic heterocycles. The van der Waals surface area contributed by atoms with E-state index in [1.54, 1.807) is 31.3 Å². The van der Waals surface area contributed by atoms with E-state index < -0.39 is 0 Å². The number of ether oxygens (including phenoxy) is 1. The fourth-order valence-corrected chi connectivity index (χ4v) is 3.45. The van der Waals surface area contributed by atoms with Gasteiger partial charge in [0.05, 0.1) is 12.9 Å². The van der Waals surface area contributed by atoms with Crippen LogP contribution in [0.1, 0.15) is 25.0 Å². The zero-order chi connectivity index (χ0) is 20.4. The molecule has 1 amide bonds. The van der Waals surface area contributed by atoms with Gasteiger partial charge < -0.3 is 14.1 Å². The molecular formula is C23H24BrNO3. The van der Waals surface area contributed by atoms with E-state index in [0.29, 0.717) is 6.61 Å². The number of aryl methyl sites for hydroxylation is 1. The van der Waals surface area contributed by atoms with Gasteiger partial charge in [-0.15, -0.1) is 0 Å². The number of carbonyl (C=O) groups is 1. The Labute approximate surface area is 173 Å². The van der Waals surface area contributed by atoms with Crippen molar-refractivity contribution in [2.45, 2.75) is 20.8 Å². The summed E-state index contributed by atoms with van der Waals surface area (Å²) in [6.07, 6.45) is 3.42. The highest BCUT2D eigenvalue weighted by atomic mass is 79.9. The van der Waals surface area contributed by atoms with Gasteiger partial charge >= 0.3 is 0 Å². The fraction of sp³-hybridized carbons (Fsp3) is 0.261. The number of amides is 1. The average Bonchev–Trinajstić information content (AvgIpc) is 3.08. The molecule has 4 nitrogen and oxygen atoms in total. The molecule has 0 unspecified atom stereocenters. The van der Waals surface area contributed by atoms with Crippen LogP contribution in [0, 0.1) is 6.92 Å². The standard InChI is InChI=1S/C23H24BrNO3/c1-6-27-22-15(3)23-19(12-18(22)14(2)11-21(26)25(4)5)20(13-28-23)16-7-9-17(24)10-8-16/h7-13H,6H2,1-5H3/b14-11+. The number of furan rings is 1. The summed E-state index contributed by atoms with van der Waals surface area (Å²) in [6, 6.07) is 10.2. The van der Waals surface area contributed by atoms with E-state index in [4.69, 9.17) is 9.15 Å². The first-order valence-electron chi connectivity index (χ1n) is 9.17. The van der Waals surface area contributed by atoms with Gasteiger partial charge in [-0.1, -0.05) is 28.1 Å². The second-order valence-electron chi connectivity index (χ2n) is 6.90. The molecule has 0 saturated carbocycles. The Morgan fingerprint density at radius 2 is 1.93 bits per heavy atom. The Hall–Kier alpha value is -2.53. The van der Waals surface area contributed by atoms with Crippen molar-refractivity contribution < 1.29 is 13.9 Å². The van der Waals surface area contributed by atoms with Gasteiger partial charge in [0.1, 0.15) is 11.3 Å². The first kappa shape index (κ1) is 20.2. The highest BCUT2D eigenvalue weighted by molar-refractivity contribution is 9.10. The molecule has 3 aromatic rings. The summed E-state index contributed by atoms with van der Waals surface area (Å²) >= 11 is 3.48. The molecule has 28 heavy (non-hydrogen) atoms. The van der Waals surface area contributed by atoms with E-state index in [2.05, 4.69) is 34.1 Å². The third-order valence-corrected chi connectivity index (χ3v) is 5.22. The molecule has 0 spiro atoms. The highest BCUT2D eigenvalue weighted by Crippen LogP contribution is 2.40. The van der Waals surface area contributed by atoms with Crippen LogP contribution in [-0.4, -0.2) is 31.5 Å². The minimum absolute atomic E-state index is 0.0574. The predicted molar refractivity (Wildman–Crippen MR) is 118 cm³/mol. The Bertz CT molecular complexity index is 1050. The van der Waals surface area contributed by atoms with Gasteiger partial charge in [0, 0.05) is 46.7 Å². The largest absolute Gasteiger partial charge is 0.493 e. The van der Waals surface area contributed by atoms with Crippen LogP contribution in [0.4, 0.5) is 0 Å². The summed E-state index contributed by atoms with van der Waals surface area (Å²) in [5.41, 5.74) is 5.58. The molecule has 0 aliphatic carbocycles. The average molecular weight is 442 g/mol. The Balaban J connectivity index is 2.24. The lowest BCUT2D eigenvalue weighted by Crippen LogP contribution is -2.19. The summed E-state index contributed by atoms with van der Waals surface area (Å²) in [5.74, 6) is 0.699. The van der Waals surface area contributed by atoms with Crippen LogP contribution < -0.4 is 4.74 Å². The summed E-state index contributed by atoms with van der Waals surface area (Å²) in [6.45, 7) is 6.41. The van der Waals surface area contributed by atoms with Crippen LogP contribution in [0.2, 0.25) is 0 Å². The maximum Gasteiger partial charge on any atom is 0.246 e. The van der Waals surface area contributed by atoms with E-state index in [-0.39, 0.29) is 5.91 Å². The van der Waals surface area contributed by atoms with Crippen molar-refractivity contribution in [1.29, 1.82) is 0 Å². The lowest BCUT2D eigenvalue weighted by Gasteiger charge is -2.15. The number of fused-ring (bicyclic) bond motifs is 1. The Morgan fingerprint density at radius 3 is 2.54 bits per heavy atom. The van der Waals surface area contributed by atoms with E-state index >= 15 is 0 Å². The van der Waals surface area contributed by atoms with Gasteiger partial charge in [-0.3, -0.25) is 4.79 Å². The second kappa shape index (κ2) is 8.23. The number of likely N-dealkylation sites (N-methyl/N-ethyl adjacent to an activating group) is 1. The van der Waals surface area contributed by atoms with E-state index in [1.807, 2.05) is 32.9 Å². The van der Waals surface area contributed by atoms with Crippen LogP contribution in [0.15, 0.2) is 51.6 Å². The summed E-state index contributed by atoms with van der Waals surface area (Å²) in [5, 5.41) is 1.00. The van der Waals surface area contributed by atoms with Gasteiger partial charge in [0.2, 0.25) is 5.91 Å². The van der Waals surface area contributed by atoms with Crippen molar-refractivity contribution in [3.63, 3.8) is 0 Å². The molecule has 146 valence electrons. The van der Waals surface area contributed by atoms with Crippen LogP contribution in [0.25, 0.3) is 27.7 Å². The topological polar surface area (TPSA) is 42.7 Å². The first-order valence-corrected chi connectivity index (χ1v) is 9.96. The maximum atomic E-state index is 12.2. The van der Waals surface area contributed by atoms with Gasteiger partial charge in [-0.25, -0.2) is 0 Å². The Morgan fingerprint density at radius 1 is 1.25 bits per heavy atom. The van der Waals surface area contributed by atoms with Crippen molar-refractivity contribution >= 4 is 38.4 Å². The molecule has 0 bridgehead atoms. The molecule has 0 radical (unpaired) electrons. The number of hydrogen-bond donors (Lipinski definition) is 0. The smallest absolute Gasteiger partial charge is 0.246 e. The third-order valence-electron chi connectivity index (χ3n) is 4.69. The number of rotatable bonds is 5. The molecule has 1 heterocycles. The molecule has 5 heteroatoms. The molecule has 0 saturated heterocycles. The van der Waals surface area contributed by atoms with Gasteiger partial charge in [-0.05, 0) is 50.1 Å². The van der Waals surface area contributed by atoms with Gasteiger partial charge in [0.15, 0.2) is 0 Å². The maximum absolute atomic E-state index is 12.2. The predicted octanol–water partition coefficient (Wildman–Crippen LogP) is 6.06. The zero-order valence-corrected chi connectivity index (χ0v) is 18.4. The Kier molecular flexibility index (Phi) is 5.94. The highest BCUT2D eigenvalue weighted by Gasteiger charge is 2.19. The van der Waals surface area contributed by atoms with Crippen LogP contribution >= 0.6 is 15.9 Å². The number of halogens is 1. The van der Waals surface area contributed by atoms with E-state index in [0.717, 1.165) is 49.0 Å². The molecule has 3 rings (SSSR count). The monoisotopic (exact) mass is 441 g/mol. The SMILES string of the molecule is CCOc1c(/C(C)=C/C(=O)N(C)C)cc2c(-c3ccc(Br)cc3)coc2c1C. The number of carbonyl (C=O) groups excluding carboxylic acids is 1. The lowest BCUT2D eigenvalue weighted by molar-refractivity contribution is -0.123. The zero-order valence-electron chi connectivity index (χ0n) is 16.8. The summed E-state index contributed by atoms with van der Waals surface area (Å²) in [4.78, 5) is 13.8. The number of allylic oxidation sites excluding steroid dienone is 1. The first-order chi connectivity index (χ1) is 13.3. The third kappa shape index (κ3) is 3.85. The lowest BCUT2D eigenvalue weighted by atomic mass is 9.96. The second-order valence-corrected chi connectivity index (χ2v) is 7.82. The molecule has 0 aliphatic heterocycles. The van der Waals surface area contributed by atoms with Crippen molar-refractivity contribution in [2.24, 2.45) is 0 Å². The molecular weight excluding hydrogens is 418 g/mol. The van der Waals surface area contributed by atoms with Gasteiger partial charge in [0.25, 0.3) is 0 Å². The van der Waals surface area contributed by atoms with Crippen molar-refractivity contribution in [3.8, 4) is 16.9 Å². The number of benzene rings is 2. The molecule has 0 N–H and O–H groups in total. The summed E-state index contributed by atoms with van der Waals surface area (Å²) in [7, 11) is 3.48. The molecule has 0 aliphatic rings. The van der Waals surface area contributed by atoms with E-state index in [1.165, 1.54) is 0 Å². The normalized spacial score (nSPS) is 11.7. The minimum atomic E-state index is -0.0574. The fourth-order valence-electron chi connectivity index (χ4n) is 3.18. The quantitative estimate of drug-likeness (QED) is 0.451. The van der Waals surface area contributed by atoms with Crippen LogP contribution in [-0.2, 0) is 4.79 Å².